The number of rotatable bonds is 3. The summed E-state index contributed by atoms with van der Waals surface area (Å²) < 4.78 is 0. The van der Waals surface area contributed by atoms with Crippen LogP contribution in [0.3, 0.4) is 0 Å². The Morgan fingerprint density at radius 2 is 2.42 bits per heavy atom. The molecule has 2 N–H and O–H groups in total. The Balaban J connectivity index is 2.88. The normalized spacial score (nSPS) is 9.75. The molecule has 0 bridgehead atoms. The molecule has 1 heterocycles. The van der Waals surface area contributed by atoms with E-state index in [-0.39, 0.29) is 5.82 Å². The minimum atomic E-state index is -0.576. The molecule has 0 radical (unpaired) electrons. The van der Waals surface area contributed by atoms with Crippen LogP contribution in [0, 0.1) is 0 Å². The lowest BCUT2D eigenvalue weighted by molar-refractivity contribution is 0.0990. The number of aryl methyl sites for hydroxylation is 1. The third-order valence-corrected chi connectivity index (χ3v) is 1.44. The van der Waals surface area contributed by atoms with E-state index in [4.69, 9.17) is 5.73 Å². The minimum Gasteiger partial charge on any atom is -0.363 e. The van der Waals surface area contributed by atoms with Crippen LogP contribution < -0.4 is 5.73 Å². The molecule has 0 aromatic carbocycles. The third kappa shape index (κ3) is 2.02. The summed E-state index contributed by atoms with van der Waals surface area (Å²) in [6, 6.07) is 1.79. The Bertz CT molecular complexity index is 285. The molecule has 0 saturated carbocycles. The molecule has 4 nitrogen and oxygen atoms in total. The van der Waals surface area contributed by atoms with Gasteiger partial charge in [-0.3, -0.25) is 4.79 Å². The molecule has 4 heteroatoms. The van der Waals surface area contributed by atoms with E-state index in [0.717, 1.165) is 18.5 Å². The predicted molar refractivity (Wildman–Crippen MR) is 44.5 cm³/mol. The van der Waals surface area contributed by atoms with Crippen molar-refractivity contribution in [3.63, 3.8) is 0 Å². The van der Waals surface area contributed by atoms with Gasteiger partial charge in [0, 0.05) is 11.9 Å². The zero-order valence-electron chi connectivity index (χ0n) is 6.95. The zero-order valence-corrected chi connectivity index (χ0v) is 6.95. The van der Waals surface area contributed by atoms with Crippen molar-refractivity contribution in [2.75, 3.05) is 0 Å². The summed E-state index contributed by atoms with van der Waals surface area (Å²) in [4.78, 5) is 18.4. The van der Waals surface area contributed by atoms with Gasteiger partial charge in [-0.1, -0.05) is 13.3 Å². The van der Waals surface area contributed by atoms with Gasteiger partial charge in [-0.15, -0.1) is 0 Å². The summed E-state index contributed by atoms with van der Waals surface area (Å²) in [6.07, 6.45) is 3.40. The van der Waals surface area contributed by atoms with Crippen molar-refractivity contribution in [1.82, 2.24) is 9.97 Å². The lowest BCUT2D eigenvalue weighted by Gasteiger charge is -1.97. The van der Waals surface area contributed by atoms with Gasteiger partial charge in [0.05, 0.1) is 0 Å². The molecule has 1 aromatic heterocycles. The fraction of sp³-hybridized carbons (Fsp3) is 0.375. The minimum absolute atomic E-state index is 0.0981. The Morgan fingerprint density at radius 1 is 1.67 bits per heavy atom. The lowest BCUT2D eigenvalue weighted by atomic mass is 10.2. The first-order chi connectivity index (χ1) is 5.74. The maximum Gasteiger partial charge on any atom is 0.286 e. The van der Waals surface area contributed by atoms with Crippen LogP contribution in [0.1, 0.15) is 29.7 Å². The van der Waals surface area contributed by atoms with Crippen LogP contribution in [0.25, 0.3) is 0 Å². The van der Waals surface area contributed by atoms with Gasteiger partial charge < -0.3 is 5.73 Å². The van der Waals surface area contributed by atoms with Crippen molar-refractivity contribution in [2.24, 2.45) is 5.73 Å². The van der Waals surface area contributed by atoms with E-state index in [2.05, 4.69) is 9.97 Å². The van der Waals surface area contributed by atoms with Crippen LogP contribution in [0.15, 0.2) is 12.3 Å². The molecule has 0 spiro atoms. The fourth-order valence-electron chi connectivity index (χ4n) is 0.910. The Morgan fingerprint density at radius 3 is 3.00 bits per heavy atom. The number of hydrogen-bond acceptors (Lipinski definition) is 3. The van der Waals surface area contributed by atoms with Crippen LogP contribution >= 0.6 is 0 Å². The van der Waals surface area contributed by atoms with Crippen molar-refractivity contribution in [2.45, 2.75) is 19.8 Å². The number of primary amides is 1. The van der Waals surface area contributed by atoms with Gasteiger partial charge in [0.1, 0.15) is 0 Å². The van der Waals surface area contributed by atoms with Crippen molar-refractivity contribution in [3.05, 3.63) is 23.8 Å². The van der Waals surface area contributed by atoms with E-state index in [1.165, 1.54) is 0 Å². The summed E-state index contributed by atoms with van der Waals surface area (Å²) >= 11 is 0. The lowest BCUT2D eigenvalue weighted by Crippen LogP contribution is -2.15. The number of carbonyl (C=O) groups excluding carboxylic acids is 1. The average molecular weight is 165 g/mol. The number of hydrogen-bond donors (Lipinski definition) is 1. The van der Waals surface area contributed by atoms with Crippen molar-refractivity contribution in [1.29, 1.82) is 0 Å². The fourth-order valence-corrected chi connectivity index (χ4v) is 0.910. The number of amides is 1. The topological polar surface area (TPSA) is 68.9 Å². The van der Waals surface area contributed by atoms with Gasteiger partial charge in [0.15, 0.2) is 0 Å². The second-order valence-electron chi connectivity index (χ2n) is 2.49. The number of carbonyl (C=O) groups is 1. The highest BCUT2D eigenvalue weighted by Crippen LogP contribution is 1.98. The van der Waals surface area contributed by atoms with Gasteiger partial charge in [-0.25, -0.2) is 9.97 Å². The highest BCUT2D eigenvalue weighted by Gasteiger charge is 2.03. The molecule has 0 aliphatic rings. The average Bonchev–Trinajstić information content (AvgIpc) is 2.05. The van der Waals surface area contributed by atoms with E-state index in [1.54, 1.807) is 12.3 Å². The monoisotopic (exact) mass is 165 g/mol. The van der Waals surface area contributed by atoms with Gasteiger partial charge >= 0.3 is 0 Å². The van der Waals surface area contributed by atoms with E-state index in [9.17, 15) is 4.79 Å². The van der Waals surface area contributed by atoms with Crippen LogP contribution in [0.2, 0.25) is 0 Å². The van der Waals surface area contributed by atoms with E-state index >= 15 is 0 Å². The van der Waals surface area contributed by atoms with Crippen molar-refractivity contribution in [3.8, 4) is 0 Å². The maximum atomic E-state index is 10.7. The van der Waals surface area contributed by atoms with Gasteiger partial charge in [-0.05, 0) is 12.5 Å². The molecule has 1 aromatic rings. The summed E-state index contributed by atoms with van der Waals surface area (Å²) in [5.41, 5.74) is 5.88. The smallest absolute Gasteiger partial charge is 0.286 e. The molecule has 0 aliphatic carbocycles. The van der Waals surface area contributed by atoms with Gasteiger partial charge in [0.25, 0.3) is 5.91 Å². The maximum absolute atomic E-state index is 10.7. The number of nitrogens with two attached hydrogens (primary N) is 1. The Hall–Kier alpha value is -1.45. The highest BCUT2D eigenvalue weighted by molar-refractivity contribution is 5.88. The Labute approximate surface area is 70.8 Å². The molecule has 1 amide bonds. The van der Waals surface area contributed by atoms with E-state index < -0.39 is 5.91 Å². The standard InChI is InChI=1S/C8H11N3O/c1-2-3-6-4-5-10-8(11-6)7(9)12/h4-5H,2-3H2,1H3,(H2,9,12). The summed E-state index contributed by atoms with van der Waals surface area (Å²) in [5.74, 6) is -0.478. The molecule has 0 unspecified atom stereocenters. The van der Waals surface area contributed by atoms with E-state index in [0.29, 0.717) is 0 Å². The quantitative estimate of drug-likeness (QED) is 0.710. The van der Waals surface area contributed by atoms with Gasteiger partial charge in [-0.2, -0.15) is 0 Å². The third-order valence-electron chi connectivity index (χ3n) is 1.44. The predicted octanol–water partition coefficient (Wildman–Crippen LogP) is 0.528. The largest absolute Gasteiger partial charge is 0.363 e. The Kier molecular flexibility index (Phi) is 2.74. The SMILES string of the molecule is CCCc1ccnc(C(N)=O)n1. The molecular formula is C8H11N3O. The number of nitrogens with zero attached hydrogens (tertiary/aromatic N) is 2. The van der Waals surface area contributed by atoms with Gasteiger partial charge in [0.2, 0.25) is 5.82 Å². The molecule has 0 fully saturated rings. The van der Waals surface area contributed by atoms with Crippen molar-refractivity contribution < 1.29 is 4.79 Å². The zero-order chi connectivity index (χ0) is 8.97. The second-order valence-corrected chi connectivity index (χ2v) is 2.49. The summed E-state index contributed by atoms with van der Waals surface area (Å²) in [5, 5.41) is 0. The highest BCUT2D eigenvalue weighted by atomic mass is 16.1. The van der Waals surface area contributed by atoms with E-state index in [1.807, 2.05) is 6.92 Å². The first kappa shape index (κ1) is 8.64. The van der Waals surface area contributed by atoms with Crippen LogP contribution in [0.5, 0.6) is 0 Å². The first-order valence-corrected chi connectivity index (χ1v) is 3.85. The molecule has 0 aliphatic heterocycles. The van der Waals surface area contributed by atoms with Crippen LogP contribution in [-0.2, 0) is 6.42 Å². The molecule has 0 atom stereocenters. The molecular weight excluding hydrogens is 154 g/mol. The van der Waals surface area contributed by atoms with Crippen molar-refractivity contribution >= 4 is 5.91 Å². The molecule has 1 rings (SSSR count). The summed E-state index contributed by atoms with van der Waals surface area (Å²) in [6.45, 7) is 2.05. The molecule has 0 saturated heterocycles. The molecule has 64 valence electrons. The van der Waals surface area contributed by atoms with Crippen LogP contribution in [-0.4, -0.2) is 15.9 Å². The van der Waals surface area contributed by atoms with Crippen LogP contribution in [0.4, 0.5) is 0 Å². The second kappa shape index (κ2) is 3.80. The summed E-state index contributed by atoms with van der Waals surface area (Å²) in [7, 11) is 0. The number of aromatic nitrogens is 2. The first-order valence-electron chi connectivity index (χ1n) is 3.85. The molecule has 12 heavy (non-hydrogen) atoms.